The van der Waals surface area contributed by atoms with Gasteiger partial charge in [0, 0.05) is 44.1 Å². The number of para-hydroxylation sites is 1. The number of amides is 3. The zero-order valence-corrected chi connectivity index (χ0v) is 18.8. The maximum atomic E-state index is 12.4. The smallest absolute Gasteiger partial charge is 0.323 e. The SMILES string of the molecule is CC(=O)N(C)C1CCN(c2ccc(NC(=O)Nc3ccc(Oc4ccccc4)cc3)cc2)C1. The van der Waals surface area contributed by atoms with Crippen molar-refractivity contribution in [3.8, 4) is 11.5 Å². The summed E-state index contributed by atoms with van der Waals surface area (Å²) in [6.07, 6.45) is 0.952. The number of anilines is 3. The van der Waals surface area contributed by atoms with Crippen LogP contribution in [0.3, 0.4) is 0 Å². The van der Waals surface area contributed by atoms with Gasteiger partial charge in [0.15, 0.2) is 0 Å². The van der Waals surface area contributed by atoms with Crippen LogP contribution in [0.5, 0.6) is 11.5 Å². The fraction of sp³-hybridized carbons (Fsp3) is 0.231. The van der Waals surface area contributed by atoms with E-state index in [0.29, 0.717) is 17.1 Å². The first-order valence-electron chi connectivity index (χ1n) is 11.0. The lowest BCUT2D eigenvalue weighted by atomic mass is 10.2. The molecule has 2 N–H and O–H groups in total. The van der Waals surface area contributed by atoms with Crippen molar-refractivity contribution in [3.63, 3.8) is 0 Å². The van der Waals surface area contributed by atoms with E-state index in [4.69, 9.17) is 4.74 Å². The molecule has 1 atom stereocenters. The Morgan fingerprint density at radius 1 is 0.879 bits per heavy atom. The van der Waals surface area contributed by atoms with Crippen LogP contribution in [-0.4, -0.2) is 43.0 Å². The van der Waals surface area contributed by atoms with Crippen molar-refractivity contribution in [2.75, 3.05) is 35.7 Å². The number of rotatable bonds is 6. The molecule has 0 aliphatic carbocycles. The van der Waals surface area contributed by atoms with Gasteiger partial charge >= 0.3 is 6.03 Å². The molecule has 1 aliphatic heterocycles. The number of urea groups is 1. The Labute approximate surface area is 194 Å². The number of hydrogen-bond acceptors (Lipinski definition) is 4. The first kappa shape index (κ1) is 22.2. The summed E-state index contributed by atoms with van der Waals surface area (Å²) in [5.41, 5.74) is 2.45. The first-order chi connectivity index (χ1) is 16.0. The zero-order valence-electron chi connectivity index (χ0n) is 18.8. The first-order valence-corrected chi connectivity index (χ1v) is 11.0. The number of nitrogens with one attached hydrogen (secondary N) is 2. The Bertz CT molecular complexity index is 1080. The average molecular weight is 445 g/mol. The van der Waals surface area contributed by atoms with Crippen molar-refractivity contribution in [3.05, 3.63) is 78.9 Å². The van der Waals surface area contributed by atoms with Gasteiger partial charge in [-0.05, 0) is 67.1 Å². The minimum atomic E-state index is -0.316. The maximum absolute atomic E-state index is 12.4. The summed E-state index contributed by atoms with van der Waals surface area (Å²) in [6.45, 7) is 3.31. The van der Waals surface area contributed by atoms with Crippen LogP contribution in [0.25, 0.3) is 0 Å². The highest BCUT2D eigenvalue weighted by atomic mass is 16.5. The second-order valence-corrected chi connectivity index (χ2v) is 8.08. The highest BCUT2D eigenvalue weighted by molar-refractivity contribution is 5.99. The van der Waals surface area contributed by atoms with E-state index in [0.717, 1.165) is 30.9 Å². The summed E-state index contributed by atoms with van der Waals surface area (Å²) in [4.78, 5) is 28.0. The highest BCUT2D eigenvalue weighted by Crippen LogP contribution is 2.25. The van der Waals surface area contributed by atoms with Gasteiger partial charge in [0.25, 0.3) is 0 Å². The molecule has 7 heteroatoms. The molecular formula is C26H28N4O3. The topological polar surface area (TPSA) is 73.9 Å². The van der Waals surface area contributed by atoms with Crippen molar-refractivity contribution in [2.45, 2.75) is 19.4 Å². The minimum Gasteiger partial charge on any atom is -0.457 e. The Morgan fingerprint density at radius 3 is 2.06 bits per heavy atom. The summed E-state index contributed by atoms with van der Waals surface area (Å²) < 4.78 is 5.77. The van der Waals surface area contributed by atoms with Gasteiger partial charge in [-0.3, -0.25) is 4.79 Å². The summed E-state index contributed by atoms with van der Waals surface area (Å²) in [7, 11) is 1.85. The average Bonchev–Trinajstić information content (AvgIpc) is 3.31. The second-order valence-electron chi connectivity index (χ2n) is 8.08. The van der Waals surface area contributed by atoms with Gasteiger partial charge in [0.2, 0.25) is 5.91 Å². The van der Waals surface area contributed by atoms with Crippen LogP contribution in [0, 0.1) is 0 Å². The molecule has 3 aromatic rings. The number of benzene rings is 3. The van der Waals surface area contributed by atoms with Gasteiger partial charge < -0.3 is 25.2 Å². The van der Waals surface area contributed by atoms with E-state index in [1.807, 2.05) is 73.8 Å². The van der Waals surface area contributed by atoms with Gasteiger partial charge in [-0.1, -0.05) is 18.2 Å². The van der Waals surface area contributed by atoms with E-state index in [1.54, 1.807) is 24.0 Å². The number of nitrogens with zero attached hydrogens (tertiary/aromatic N) is 2. The van der Waals surface area contributed by atoms with E-state index >= 15 is 0 Å². The molecule has 33 heavy (non-hydrogen) atoms. The molecular weight excluding hydrogens is 416 g/mol. The summed E-state index contributed by atoms with van der Waals surface area (Å²) >= 11 is 0. The van der Waals surface area contributed by atoms with Gasteiger partial charge in [-0.25, -0.2) is 4.79 Å². The monoisotopic (exact) mass is 444 g/mol. The van der Waals surface area contributed by atoms with Gasteiger partial charge in [0.05, 0.1) is 6.04 Å². The number of carbonyl (C=O) groups is 2. The molecule has 0 radical (unpaired) electrons. The molecule has 1 aliphatic rings. The lowest BCUT2D eigenvalue weighted by Crippen LogP contribution is -2.37. The second kappa shape index (κ2) is 10.1. The highest BCUT2D eigenvalue weighted by Gasteiger charge is 2.27. The maximum Gasteiger partial charge on any atom is 0.323 e. The Kier molecular flexibility index (Phi) is 6.78. The molecule has 0 bridgehead atoms. The standard InChI is InChI=1S/C26H28N4O3/c1-19(31)29(2)23-16-17-30(18-23)22-12-8-20(9-13-22)27-26(32)28-21-10-14-25(15-11-21)33-24-6-4-3-5-7-24/h3-15,23H,16-18H2,1-2H3,(H2,27,28,32). The van der Waals surface area contributed by atoms with Crippen LogP contribution < -0.4 is 20.3 Å². The third-order valence-electron chi connectivity index (χ3n) is 5.79. The summed E-state index contributed by atoms with van der Waals surface area (Å²) in [5.74, 6) is 1.54. The van der Waals surface area contributed by atoms with E-state index in [9.17, 15) is 9.59 Å². The lowest BCUT2D eigenvalue weighted by Gasteiger charge is -2.24. The van der Waals surface area contributed by atoms with Crippen molar-refractivity contribution in [1.82, 2.24) is 4.90 Å². The van der Waals surface area contributed by atoms with Crippen LogP contribution in [-0.2, 0) is 4.79 Å². The molecule has 1 fully saturated rings. The van der Waals surface area contributed by atoms with Crippen molar-refractivity contribution >= 4 is 29.0 Å². The number of likely N-dealkylation sites (N-methyl/N-ethyl adjacent to an activating group) is 1. The van der Waals surface area contributed by atoms with Crippen LogP contribution in [0.1, 0.15) is 13.3 Å². The van der Waals surface area contributed by atoms with Crippen molar-refractivity contribution in [1.29, 1.82) is 0 Å². The van der Waals surface area contributed by atoms with E-state index < -0.39 is 0 Å². The largest absolute Gasteiger partial charge is 0.457 e. The number of hydrogen-bond donors (Lipinski definition) is 2. The quantitative estimate of drug-likeness (QED) is 0.549. The minimum absolute atomic E-state index is 0.0887. The van der Waals surface area contributed by atoms with Crippen molar-refractivity contribution in [2.24, 2.45) is 0 Å². The van der Waals surface area contributed by atoms with Crippen LogP contribution in [0.2, 0.25) is 0 Å². The summed E-state index contributed by atoms with van der Waals surface area (Å²) in [6, 6.07) is 24.4. The Morgan fingerprint density at radius 2 is 1.45 bits per heavy atom. The van der Waals surface area contributed by atoms with Crippen LogP contribution >= 0.6 is 0 Å². The molecule has 0 aromatic heterocycles. The predicted octanol–water partition coefficient (Wildman–Crippen LogP) is 5.18. The van der Waals surface area contributed by atoms with Gasteiger partial charge in [-0.15, -0.1) is 0 Å². The number of carbonyl (C=O) groups excluding carboxylic acids is 2. The van der Waals surface area contributed by atoms with Crippen LogP contribution in [0.4, 0.5) is 21.9 Å². The zero-order chi connectivity index (χ0) is 23.2. The molecule has 3 aromatic carbocycles. The van der Waals surface area contributed by atoms with E-state index in [-0.39, 0.29) is 18.0 Å². The molecule has 7 nitrogen and oxygen atoms in total. The van der Waals surface area contributed by atoms with Gasteiger partial charge in [-0.2, -0.15) is 0 Å². The normalized spacial score (nSPS) is 15.1. The van der Waals surface area contributed by atoms with Crippen LogP contribution in [0.15, 0.2) is 78.9 Å². The van der Waals surface area contributed by atoms with E-state index in [2.05, 4.69) is 15.5 Å². The Balaban J connectivity index is 1.28. The fourth-order valence-corrected chi connectivity index (χ4v) is 3.83. The number of ether oxygens (including phenoxy) is 1. The third kappa shape index (κ3) is 5.83. The molecule has 1 unspecified atom stereocenters. The molecule has 0 spiro atoms. The fourth-order valence-electron chi connectivity index (χ4n) is 3.83. The molecule has 170 valence electrons. The summed E-state index contributed by atoms with van der Waals surface area (Å²) in [5, 5.41) is 5.68. The van der Waals surface area contributed by atoms with Crippen molar-refractivity contribution < 1.29 is 14.3 Å². The van der Waals surface area contributed by atoms with E-state index in [1.165, 1.54) is 0 Å². The van der Waals surface area contributed by atoms with Gasteiger partial charge in [0.1, 0.15) is 11.5 Å². The third-order valence-corrected chi connectivity index (χ3v) is 5.79. The molecule has 3 amide bonds. The predicted molar refractivity (Wildman–Crippen MR) is 131 cm³/mol. The Hall–Kier alpha value is -4.00. The molecule has 4 rings (SSSR count). The molecule has 0 saturated carbocycles. The lowest BCUT2D eigenvalue weighted by molar-refractivity contribution is -0.129. The molecule has 1 heterocycles. The molecule has 1 saturated heterocycles.